The highest BCUT2D eigenvalue weighted by molar-refractivity contribution is 7.85. The van der Waals surface area contributed by atoms with Crippen LogP contribution in [-0.2, 0) is 14.9 Å². The van der Waals surface area contributed by atoms with E-state index in [1.54, 1.807) is 0 Å². The maximum absolute atomic E-state index is 11.1. The normalized spacial score (nSPS) is 50.5. The van der Waals surface area contributed by atoms with Crippen molar-refractivity contribution in [1.29, 1.82) is 0 Å². The summed E-state index contributed by atoms with van der Waals surface area (Å²) in [6.07, 6.45) is 2.23. The highest BCUT2D eigenvalue weighted by Crippen LogP contribution is 2.73. The first kappa shape index (κ1) is 10.1. The van der Waals surface area contributed by atoms with Gasteiger partial charge in [-0.25, -0.2) is 0 Å². The van der Waals surface area contributed by atoms with Gasteiger partial charge in [0.1, 0.15) is 0 Å². The maximum atomic E-state index is 11.1. The number of ether oxygens (including phenoxy) is 1. The highest BCUT2D eigenvalue weighted by atomic mass is 32.2. The average molecular weight is 232 g/mol. The summed E-state index contributed by atoms with van der Waals surface area (Å²) in [5.74, 6) is 0.342. The Bertz CT molecular complexity index is 413. The molecule has 0 spiro atoms. The molecule has 5 heteroatoms. The number of epoxide rings is 1. The Morgan fingerprint density at radius 2 is 2.13 bits per heavy atom. The molecule has 0 aromatic carbocycles. The van der Waals surface area contributed by atoms with E-state index in [0.717, 1.165) is 12.8 Å². The molecule has 2 bridgehead atoms. The van der Waals surface area contributed by atoms with Crippen molar-refractivity contribution in [3.8, 4) is 0 Å². The first-order chi connectivity index (χ1) is 6.78. The van der Waals surface area contributed by atoms with E-state index in [9.17, 15) is 8.42 Å². The molecule has 1 aliphatic heterocycles. The summed E-state index contributed by atoms with van der Waals surface area (Å²) in [4.78, 5) is 0. The average Bonchev–Trinajstić information content (AvgIpc) is 2.73. The Labute approximate surface area is 89.7 Å². The lowest BCUT2D eigenvalue weighted by Crippen LogP contribution is -2.42. The van der Waals surface area contributed by atoms with Crippen LogP contribution in [0, 0.1) is 16.7 Å². The van der Waals surface area contributed by atoms with Crippen LogP contribution in [0.5, 0.6) is 0 Å². The van der Waals surface area contributed by atoms with Crippen molar-refractivity contribution in [2.24, 2.45) is 16.7 Å². The van der Waals surface area contributed by atoms with E-state index in [4.69, 9.17) is 9.29 Å². The Morgan fingerprint density at radius 3 is 2.60 bits per heavy atom. The molecule has 0 aromatic heterocycles. The van der Waals surface area contributed by atoms with Crippen LogP contribution in [0.1, 0.15) is 26.7 Å². The minimum Gasteiger partial charge on any atom is -0.369 e. The van der Waals surface area contributed by atoms with Crippen molar-refractivity contribution in [1.82, 2.24) is 0 Å². The minimum absolute atomic E-state index is 0.0175. The molecular weight excluding hydrogens is 216 g/mol. The van der Waals surface area contributed by atoms with Crippen molar-refractivity contribution in [2.45, 2.75) is 38.9 Å². The molecule has 2 aliphatic carbocycles. The molecule has 4 unspecified atom stereocenters. The second-order valence-corrected chi connectivity index (χ2v) is 7.22. The van der Waals surface area contributed by atoms with Gasteiger partial charge in [0.2, 0.25) is 0 Å². The molecule has 3 fully saturated rings. The van der Waals surface area contributed by atoms with Crippen LogP contribution in [-0.4, -0.2) is 30.9 Å². The van der Waals surface area contributed by atoms with Crippen molar-refractivity contribution in [3.05, 3.63) is 0 Å². The van der Waals surface area contributed by atoms with E-state index in [1.807, 2.05) is 0 Å². The van der Waals surface area contributed by atoms with Crippen LogP contribution in [0.2, 0.25) is 0 Å². The molecule has 15 heavy (non-hydrogen) atoms. The summed E-state index contributed by atoms with van der Waals surface area (Å²) >= 11 is 0. The van der Waals surface area contributed by atoms with Crippen LogP contribution in [0.3, 0.4) is 0 Å². The largest absolute Gasteiger partial charge is 0.369 e. The van der Waals surface area contributed by atoms with Crippen molar-refractivity contribution in [2.75, 3.05) is 5.75 Å². The highest BCUT2D eigenvalue weighted by Gasteiger charge is 2.77. The van der Waals surface area contributed by atoms with Crippen LogP contribution in [0.4, 0.5) is 0 Å². The van der Waals surface area contributed by atoms with Gasteiger partial charge in [0.25, 0.3) is 10.1 Å². The molecule has 0 aromatic rings. The fourth-order valence-corrected chi connectivity index (χ4v) is 5.42. The lowest BCUT2D eigenvalue weighted by molar-refractivity contribution is 0.0512. The molecule has 1 N–H and O–H groups in total. The van der Waals surface area contributed by atoms with E-state index < -0.39 is 10.1 Å². The summed E-state index contributed by atoms with van der Waals surface area (Å²) in [7, 11) is -3.91. The smallest absolute Gasteiger partial charge is 0.265 e. The Hall–Kier alpha value is -0.130. The fourth-order valence-electron chi connectivity index (χ4n) is 4.09. The molecular formula is C10H16O4S. The monoisotopic (exact) mass is 232 g/mol. The Balaban J connectivity index is 2.03. The molecule has 4 nitrogen and oxygen atoms in total. The lowest BCUT2D eigenvalue weighted by atomic mass is 9.70. The molecule has 0 amide bonds. The molecule has 86 valence electrons. The number of hydrogen-bond acceptors (Lipinski definition) is 3. The molecule has 1 heterocycles. The molecule has 2 saturated carbocycles. The molecule has 1 saturated heterocycles. The van der Waals surface area contributed by atoms with Gasteiger partial charge in [0.15, 0.2) is 0 Å². The van der Waals surface area contributed by atoms with Gasteiger partial charge in [-0.3, -0.25) is 4.55 Å². The summed E-state index contributed by atoms with van der Waals surface area (Å²) in [5.41, 5.74) is -0.355. The number of fused-ring (bicyclic) bond motifs is 5. The van der Waals surface area contributed by atoms with Gasteiger partial charge in [0, 0.05) is 5.41 Å². The van der Waals surface area contributed by atoms with Gasteiger partial charge < -0.3 is 4.74 Å². The van der Waals surface area contributed by atoms with E-state index in [-0.39, 0.29) is 28.8 Å². The zero-order valence-corrected chi connectivity index (χ0v) is 9.75. The predicted molar refractivity (Wildman–Crippen MR) is 54.0 cm³/mol. The fraction of sp³-hybridized carbons (Fsp3) is 1.00. The quantitative estimate of drug-likeness (QED) is 0.571. The third kappa shape index (κ3) is 1.06. The van der Waals surface area contributed by atoms with Gasteiger partial charge in [-0.2, -0.15) is 8.42 Å². The Morgan fingerprint density at radius 1 is 1.47 bits per heavy atom. The third-order valence-corrected chi connectivity index (χ3v) is 5.90. The minimum atomic E-state index is -3.91. The van der Waals surface area contributed by atoms with Gasteiger partial charge >= 0.3 is 0 Å². The van der Waals surface area contributed by atoms with E-state index in [0.29, 0.717) is 5.92 Å². The van der Waals surface area contributed by atoms with Gasteiger partial charge in [-0.05, 0) is 24.2 Å². The second-order valence-electron chi connectivity index (χ2n) is 5.77. The zero-order chi connectivity index (χ0) is 11.1. The number of rotatable bonds is 2. The van der Waals surface area contributed by atoms with Crippen LogP contribution < -0.4 is 0 Å². The van der Waals surface area contributed by atoms with Crippen molar-refractivity contribution >= 4 is 10.1 Å². The molecule has 4 atom stereocenters. The van der Waals surface area contributed by atoms with E-state index in [2.05, 4.69) is 13.8 Å². The number of hydrogen-bond donors (Lipinski definition) is 1. The molecule has 3 rings (SSSR count). The Kier molecular flexibility index (Phi) is 1.62. The van der Waals surface area contributed by atoms with Gasteiger partial charge in [0.05, 0.1) is 18.0 Å². The van der Waals surface area contributed by atoms with Crippen LogP contribution in [0.25, 0.3) is 0 Å². The van der Waals surface area contributed by atoms with Crippen molar-refractivity contribution in [3.63, 3.8) is 0 Å². The zero-order valence-electron chi connectivity index (χ0n) is 8.93. The summed E-state index contributed by atoms with van der Waals surface area (Å²) < 4.78 is 36.9. The van der Waals surface area contributed by atoms with Crippen LogP contribution >= 0.6 is 0 Å². The molecule has 3 aliphatic rings. The summed E-state index contributed by atoms with van der Waals surface area (Å²) in [5, 5.41) is 0. The molecule has 0 radical (unpaired) electrons. The maximum Gasteiger partial charge on any atom is 0.265 e. The van der Waals surface area contributed by atoms with Gasteiger partial charge in [-0.15, -0.1) is 0 Å². The topological polar surface area (TPSA) is 66.9 Å². The first-order valence-electron chi connectivity index (χ1n) is 5.39. The standard InChI is InChI=1S/C10H16O4S/c1-9(2)6-3-4-10(9,5-15(11,12)13)8-7(6)14-8/h6-8H,3-5H2,1-2H3,(H,11,12,13). The first-order valence-corrected chi connectivity index (χ1v) is 6.99. The SMILES string of the molecule is CC1(C)C2CCC1(CS(=O)(=O)O)C1OC21. The second kappa shape index (κ2) is 2.41. The van der Waals surface area contributed by atoms with Crippen molar-refractivity contribution < 1.29 is 17.7 Å². The predicted octanol–water partition coefficient (Wildman–Crippen LogP) is 1.08. The summed E-state index contributed by atoms with van der Waals surface area (Å²) in [6, 6.07) is 0. The van der Waals surface area contributed by atoms with E-state index in [1.165, 1.54) is 0 Å². The van der Waals surface area contributed by atoms with Crippen LogP contribution in [0.15, 0.2) is 0 Å². The third-order valence-electron chi connectivity index (χ3n) is 5.02. The van der Waals surface area contributed by atoms with Gasteiger partial charge in [-0.1, -0.05) is 13.8 Å². The van der Waals surface area contributed by atoms with E-state index >= 15 is 0 Å². The lowest BCUT2D eigenvalue weighted by Gasteiger charge is -2.38. The summed E-state index contributed by atoms with van der Waals surface area (Å²) in [6.45, 7) is 4.23.